The van der Waals surface area contributed by atoms with Gasteiger partial charge in [0.1, 0.15) is 0 Å². The second kappa shape index (κ2) is 5.33. The average molecular weight is 324 g/mol. The SMILES string of the molecule is Nc1cn(C2=CC=C(C(=O)O)CC2)c2c1C=C[C@H](C(F)(F)F)C2. The maximum Gasteiger partial charge on any atom is 0.395 e. The molecule has 7 heteroatoms. The van der Waals surface area contributed by atoms with Crippen LogP contribution in [0.1, 0.15) is 24.1 Å². The summed E-state index contributed by atoms with van der Waals surface area (Å²) >= 11 is 0. The number of nitrogens with two attached hydrogens (primary N) is 1. The first-order valence-corrected chi connectivity index (χ1v) is 7.15. The van der Waals surface area contributed by atoms with Crippen molar-refractivity contribution in [1.82, 2.24) is 4.57 Å². The van der Waals surface area contributed by atoms with E-state index in [0.717, 1.165) is 11.8 Å². The van der Waals surface area contributed by atoms with Gasteiger partial charge in [-0.3, -0.25) is 0 Å². The van der Waals surface area contributed by atoms with E-state index >= 15 is 0 Å². The van der Waals surface area contributed by atoms with Gasteiger partial charge in [0.15, 0.2) is 0 Å². The van der Waals surface area contributed by atoms with Crippen molar-refractivity contribution in [2.45, 2.75) is 25.4 Å². The molecule has 0 amide bonds. The maximum atomic E-state index is 13.0. The Morgan fingerprint density at radius 1 is 1.30 bits per heavy atom. The van der Waals surface area contributed by atoms with Crippen LogP contribution in [0.2, 0.25) is 0 Å². The molecule has 0 radical (unpaired) electrons. The third-order valence-electron chi connectivity index (χ3n) is 4.22. The molecule has 4 nitrogen and oxygen atoms in total. The maximum absolute atomic E-state index is 13.0. The fourth-order valence-electron chi connectivity index (χ4n) is 2.96. The fourth-order valence-corrected chi connectivity index (χ4v) is 2.96. The van der Waals surface area contributed by atoms with Gasteiger partial charge in [-0.1, -0.05) is 18.2 Å². The molecule has 1 aromatic rings. The van der Waals surface area contributed by atoms with Crippen molar-refractivity contribution in [3.63, 3.8) is 0 Å². The molecule has 1 heterocycles. The lowest BCUT2D eigenvalue weighted by Crippen LogP contribution is -2.26. The van der Waals surface area contributed by atoms with Crippen molar-refractivity contribution in [2.24, 2.45) is 5.92 Å². The quantitative estimate of drug-likeness (QED) is 0.875. The van der Waals surface area contributed by atoms with Crippen LogP contribution in [0.15, 0.2) is 30.0 Å². The van der Waals surface area contributed by atoms with Crippen LogP contribution in [-0.4, -0.2) is 21.8 Å². The normalized spacial score (nSPS) is 20.7. The second-order valence-electron chi connectivity index (χ2n) is 5.68. The molecule has 0 fully saturated rings. The average Bonchev–Trinajstić information content (AvgIpc) is 2.83. The number of aliphatic carboxylic acids is 1. The molecule has 3 N–H and O–H groups in total. The van der Waals surface area contributed by atoms with E-state index in [1.54, 1.807) is 16.8 Å². The summed E-state index contributed by atoms with van der Waals surface area (Å²) in [7, 11) is 0. The van der Waals surface area contributed by atoms with Crippen molar-refractivity contribution in [1.29, 1.82) is 0 Å². The number of hydrogen-bond donors (Lipinski definition) is 2. The van der Waals surface area contributed by atoms with Crippen LogP contribution >= 0.6 is 0 Å². The van der Waals surface area contributed by atoms with Gasteiger partial charge < -0.3 is 15.4 Å². The number of fused-ring (bicyclic) bond motifs is 1. The molecule has 0 saturated carbocycles. The van der Waals surface area contributed by atoms with Crippen LogP contribution in [0, 0.1) is 5.92 Å². The summed E-state index contributed by atoms with van der Waals surface area (Å²) in [6.45, 7) is 0. The number of carboxylic acids is 1. The minimum atomic E-state index is -4.30. The Bertz CT molecular complexity index is 754. The highest BCUT2D eigenvalue weighted by molar-refractivity contribution is 5.88. The van der Waals surface area contributed by atoms with E-state index in [1.165, 1.54) is 12.2 Å². The highest BCUT2D eigenvalue weighted by atomic mass is 19.4. The smallest absolute Gasteiger partial charge is 0.395 e. The molecule has 3 rings (SSSR count). The second-order valence-corrected chi connectivity index (χ2v) is 5.68. The Labute approximate surface area is 130 Å². The summed E-state index contributed by atoms with van der Waals surface area (Å²) in [4.78, 5) is 10.9. The zero-order chi connectivity index (χ0) is 16.8. The van der Waals surface area contributed by atoms with Gasteiger partial charge >= 0.3 is 12.1 Å². The van der Waals surface area contributed by atoms with Crippen molar-refractivity contribution < 1.29 is 23.1 Å². The number of halogens is 3. The highest BCUT2D eigenvalue weighted by Gasteiger charge is 2.40. The van der Waals surface area contributed by atoms with E-state index < -0.39 is 18.1 Å². The monoisotopic (exact) mass is 324 g/mol. The standard InChI is InChI=1S/C16H15F3N2O2/c17-16(18,19)10-3-6-12-13(20)8-21(14(12)7-10)11-4-1-9(2-5-11)15(22)23/h1,3-4,6,8,10H,2,5,7,20H2,(H,22,23)/t10-/m0/s1. The lowest BCUT2D eigenvalue weighted by atomic mass is 9.93. The van der Waals surface area contributed by atoms with Crippen molar-refractivity contribution in [2.75, 3.05) is 5.73 Å². The van der Waals surface area contributed by atoms with Gasteiger partial charge in [-0.25, -0.2) is 4.79 Å². The molecule has 122 valence electrons. The predicted molar refractivity (Wildman–Crippen MR) is 80.4 cm³/mol. The first kappa shape index (κ1) is 15.5. The minimum absolute atomic E-state index is 0.167. The zero-order valence-electron chi connectivity index (χ0n) is 12.1. The molecule has 0 aromatic carbocycles. The molecule has 1 atom stereocenters. The topological polar surface area (TPSA) is 68.2 Å². The molecule has 23 heavy (non-hydrogen) atoms. The van der Waals surface area contributed by atoms with E-state index in [1.807, 2.05) is 0 Å². The van der Waals surface area contributed by atoms with Crippen LogP contribution in [-0.2, 0) is 11.2 Å². The van der Waals surface area contributed by atoms with E-state index in [-0.39, 0.29) is 12.0 Å². The van der Waals surface area contributed by atoms with Crippen LogP contribution in [0.3, 0.4) is 0 Å². The van der Waals surface area contributed by atoms with Crippen molar-refractivity contribution in [3.8, 4) is 0 Å². The number of hydrogen-bond acceptors (Lipinski definition) is 2. The van der Waals surface area contributed by atoms with Gasteiger partial charge in [-0.15, -0.1) is 0 Å². The Morgan fingerprint density at radius 2 is 2.04 bits per heavy atom. The highest BCUT2D eigenvalue weighted by Crippen LogP contribution is 2.39. The summed E-state index contributed by atoms with van der Waals surface area (Å²) in [5.74, 6) is -2.51. The summed E-state index contributed by atoms with van der Waals surface area (Å²) in [6, 6.07) is 0. The first-order valence-electron chi connectivity index (χ1n) is 7.15. The Hall–Kier alpha value is -2.44. The lowest BCUT2D eigenvalue weighted by Gasteiger charge is -2.23. The molecule has 0 aliphatic heterocycles. The van der Waals surface area contributed by atoms with Crippen LogP contribution in [0.5, 0.6) is 0 Å². The first-order chi connectivity index (χ1) is 10.8. The van der Waals surface area contributed by atoms with E-state index in [4.69, 9.17) is 10.8 Å². The molecule has 0 bridgehead atoms. The summed E-state index contributed by atoms with van der Waals surface area (Å²) < 4.78 is 40.6. The largest absolute Gasteiger partial charge is 0.478 e. The summed E-state index contributed by atoms with van der Waals surface area (Å²) in [5.41, 5.74) is 8.50. The summed E-state index contributed by atoms with van der Waals surface area (Å²) in [5, 5.41) is 8.96. The van der Waals surface area contributed by atoms with Gasteiger partial charge in [0.05, 0.1) is 11.6 Å². The third-order valence-corrected chi connectivity index (χ3v) is 4.22. The Balaban J connectivity index is 1.99. The van der Waals surface area contributed by atoms with Gasteiger partial charge in [-0.2, -0.15) is 13.2 Å². The molecule has 2 aliphatic carbocycles. The van der Waals surface area contributed by atoms with Gasteiger partial charge in [0.25, 0.3) is 0 Å². The zero-order valence-corrected chi connectivity index (χ0v) is 12.1. The van der Waals surface area contributed by atoms with Crippen LogP contribution < -0.4 is 5.73 Å². The van der Waals surface area contributed by atoms with Crippen LogP contribution in [0.25, 0.3) is 11.8 Å². The summed E-state index contributed by atoms with van der Waals surface area (Å²) in [6.07, 6.45) is 3.61. The molecule has 0 unspecified atom stereocenters. The number of carbonyl (C=O) groups is 1. The van der Waals surface area contributed by atoms with E-state index in [2.05, 4.69) is 0 Å². The molecular weight excluding hydrogens is 309 g/mol. The Morgan fingerprint density at radius 3 is 2.61 bits per heavy atom. The number of allylic oxidation sites excluding steroid dienone is 4. The number of aromatic nitrogens is 1. The number of alkyl halides is 3. The van der Waals surface area contributed by atoms with Crippen LogP contribution in [0.4, 0.5) is 18.9 Å². The van der Waals surface area contributed by atoms with Crippen molar-refractivity contribution >= 4 is 23.4 Å². The molecule has 0 spiro atoms. The number of carboxylic acid groups (broad SMARTS) is 1. The molecule has 1 aromatic heterocycles. The Kier molecular flexibility index (Phi) is 3.58. The van der Waals surface area contributed by atoms with Crippen molar-refractivity contribution in [3.05, 3.63) is 41.3 Å². The minimum Gasteiger partial charge on any atom is -0.478 e. The van der Waals surface area contributed by atoms with Gasteiger partial charge in [0.2, 0.25) is 0 Å². The number of nitrogens with zero attached hydrogens (tertiary/aromatic N) is 1. The number of anilines is 1. The van der Waals surface area contributed by atoms with Gasteiger partial charge in [-0.05, 0) is 18.9 Å². The number of rotatable bonds is 2. The van der Waals surface area contributed by atoms with E-state index in [0.29, 0.717) is 29.8 Å². The number of nitrogen functional groups attached to an aromatic ring is 1. The molecule has 0 saturated heterocycles. The van der Waals surface area contributed by atoms with E-state index in [9.17, 15) is 18.0 Å². The third kappa shape index (κ3) is 2.78. The lowest BCUT2D eigenvalue weighted by molar-refractivity contribution is -0.161. The molecular formula is C16H15F3N2O2. The van der Waals surface area contributed by atoms with Gasteiger partial charge in [0, 0.05) is 35.1 Å². The fraction of sp³-hybridized carbons (Fsp3) is 0.312. The predicted octanol–water partition coefficient (Wildman–Crippen LogP) is 3.46. The molecule has 2 aliphatic rings.